The Morgan fingerprint density at radius 1 is 1.05 bits per heavy atom. The Labute approximate surface area is 260 Å². The van der Waals surface area contributed by atoms with Crippen LogP contribution in [0.4, 0.5) is 11.4 Å². The van der Waals surface area contributed by atoms with E-state index in [-0.39, 0.29) is 48.8 Å². The first-order valence-corrected chi connectivity index (χ1v) is 15.5. The Kier molecular flexibility index (Phi) is 9.39. The van der Waals surface area contributed by atoms with Crippen molar-refractivity contribution in [3.05, 3.63) is 79.9 Å². The predicted octanol–water partition coefficient (Wildman–Crippen LogP) is 3.95. The van der Waals surface area contributed by atoms with Gasteiger partial charge in [-0.15, -0.1) is 13.2 Å². The highest BCUT2D eigenvalue weighted by molar-refractivity contribution is 9.09. The summed E-state index contributed by atoms with van der Waals surface area (Å²) in [4.78, 5) is 48.0. The minimum Gasteiger partial charge on any atom is -0.497 e. The second kappa shape index (κ2) is 13.0. The van der Waals surface area contributed by atoms with Crippen molar-refractivity contribution in [3.63, 3.8) is 0 Å². The van der Waals surface area contributed by atoms with E-state index in [1.54, 1.807) is 58.2 Å². The molecule has 0 aromatic heterocycles. The zero-order chi connectivity index (χ0) is 30.7. The number of hydrogen-bond donors (Lipinski definition) is 1. The van der Waals surface area contributed by atoms with Crippen molar-refractivity contribution < 1.29 is 29.0 Å². The molecule has 10 heteroatoms. The quantitative estimate of drug-likeness (QED) is 0.200. The van der Waals surface area contributed by atoms with Crippen molar-refractivity contribution in [1.82, 2.24) is 4.90 Å². The predicted molar refractivity (Wildman–Crippen MR) is 168 cm³/mol. The smallest absolute Gasteiger partial charge is 0.253 e. The molecule has 3 saturated heterocycles. The van der Waals surface area contributed by atoms with Gasteiger partial charge < -0.3 is 29.3 Å². The molecule has 0 saturated carbocycles. The molecule has 1 N–H and O–H groups in total. The topological polar surface area (TPSA) is 99.6 Å². The van der Waals surface area contributed by atoms with E-state index < -0.39 is 29.6 Å². The number of unbranched alkanes of at least 4 members (excludes halogenated alkanes) is 1. The fourth-order valence-corrected chi connectivity index (χ4v) is 7.87. The highest BCUT2D eigenvalue weighted by atomic mass is 79.9. The zero-order valence-corrected chi connectivity index (χ0v) is 25.9. The summed E-state index contributed by atoms with van der Waals surface area (Å²) in [5, 5.41) is 9.48. The molecule has 6 atom stereocenters. The number of likely N-dealkylation sites (tertiary alicyclic amines) is 1. The third-order valence-electron chi connectivity index (χ3n) is 8.72. The summed E-state index contributed by atoms with van der Waals surface area (Å²) in [7, 11) is 1.58. The van der Waals surface area contributed by atoms with Gasteiger partial charge in [-0.25, -0.2) is 0 Å². The molecule has 9 nitrogen and oxygen atoms in total. The maximum Gasteiger partial charge on any atom is 0.253 e. The number of nitrogens with zero attached hydrogens (tertiary/aromatic N) is 3. The van der Waals surface area contributed by atoms with Gasteiger partial charge in [-0.3, -0.25) is 14.4 Å². The summed E-state index contributed by atoms with van der Waals surface area (Å²) >= 11 is 3.75. The third kappa shape index (κ3) is 5.41. The van der Waals surface area contributed by atoms with Crippen molar-refractivity contribution in [1.29, 1.82) is 0 Å². The minimum atomic E-state index is -1.20. The van der Waals surface area contributed by atoms with Crippen LogP contribution < -0.4 is 14.5 Å². The maximum atomic E-state index is 14.6. The minimum absolute atomic E-state index is 0.0274. The van der Waals surface area contributed by atoms with Crippen LogP contribution in [-0.2, 0) is 19.1 Å². The van der Waals surface area contributed by atoms with Crippen LogP contribution >= 0.6 is 15.9 Å². The standard InChI is InChI=1S/C33H38BrN3O6/c1-4-17-35(22-11-7-6-8-12-22)30(39)26-27-31(40)37(19-9-10-20-38)29(33(27)21-25(34)28(26)43-33)32(41)36(18-5-2)23-13-15-24(42-3)16-14-23/h4-8,11-16,25-29,38H,1-2,9-10,17-21H2,3H3/t25?,26-,27+,28-,29?,33?/m1/s1. The average molecular weight is 653 g/mol. The van der Waals surface area contributed by atoms with E-state index in [1.165, 1.54) is 0 Å². The van der Waals surface area contributed by atoms with E-state index in [9.17, 15) is 19.5 Å². The number of methoxy groups -OCH3 is 1. The van der Waals surface area contributed by atoms with Gasteiger partial charge in [-0.2, -0.15) is 0 Å². The molecule has 3 aliphatic rings. The molecule has 43 heavy (non-hydrogen) atoms. The van der Waals surface area contributed by atoms with Gasteiger partial charge in [-0.1, -0.05) is 46.3 Å². The first-order chi connectivity index (χ1) is 20.8. The number of rotatable bonds is 13. The third-order valence-corrected chi connectivity index (χ3v) is 9.57. The fraction of sp³-hybridized carbons (Fsp3) is 0.424. The Morgan fingerprint density at radius 3 is 2.28 bits per heavy atom. The van der Waals surface area contributed by atoms with Gasteiger partial charge in [0.1, 0.15) is 17.4 Å². The maximum absolute atomic E-state index is 14.6. The average Bonchev–Trinajstić information content (AvgIpc) is 3.62. The van der Waals surface area contributed by atoms with Crippen LogP contribution in [0.25, 0.3) is 0 Å². The van der Waals surface area contributed by atoms with E-state index in [0.29, 0.717) is 36.4 Å². The molecule has 1 spiro atoms. The van der Waals surface area contributed by atoms with Crippen LogP contribution in [0, 0.1) is 11.8 Å². The molecule has 5 rings (SSSR count). The SMILES string of the molecule is C=CCN(C(=O)C1N(CCCCO)C(=O)[C@@H]2[C@@H](C(=O)N(CC=C)c3ccccc3)[C@@H]3OC12CC3Br)c1ccc(OC)cc1. The van der Waals surface area contributed by atoms with E-state index in [0.717, 1.165) is 0 Å². The number of fused-ring (bicyclic) bond motifs is 1. The molecule has 3 fully saturated rings. The molecule has 2 aromatic rings. The van der Waals surface area contributed by atoms with Crippen LogP contribution in [0.1, 0.15) is 19.3 Å². The molecule has 0 aliphatic carbocycles. The summed E-state index contributed by atoms with van der Waals surface area (Å²) < 4.78 is 12.0. The lowest BCUT2D eigenvalue weighted by molar-refractivity contribution is -0.140. The lowest BCUT2D eigenvalue weighted by atomic mass is 9.70. The highest BCUT2D eigenvalue weighted by Gasteiger charge is 2.76. The van der Waals surface area contributed by atoms with Crippen LogP contribution in [0.2, 0.25) is 0 Å². The molecule has 2 aromatic carbocycles. The second-order valence-corrected chi connectivity index (χ2v) is 12.3. The summed E-state index contributed by atoms with van der Waals surface area (Å²) in [6.45, 7) is 8.42. The molecule has 0 radical (unpaired) electrons. The van der Waals surface area contributed by atoms with Crippen LogP contribution in [0.15, 0.2) is 79.9 Å². The summed E-state index contributed by atoms with van der Waals surface area (Å²) in [6, 6.07) is 15.5. The Hall–Kier alpha value is -3.47. The number of amides is 3. The largest absolute Gasteiger partial charge is 0.497 e. The normalized spacial score (nSPS) is 27.1. The van der Waals surface area contributed by atoms with Crippen molar-refractivity contribution in [3.8, 4) is 5.75 Å². The number of anilines is 2. The zero-order valence-electron chi connectivity index (χ0n) is 24.3. The number of carbonyl (C=O) groups is 3. The van der Waals surface area contributed by atoms with Crippen molar-refractivity contribution >= 4 is 45.0 Å². The number of aliphatic hydroxyl groups is 1. The molecular weight excluding hydrogens is 614 g/mol. The van der Waals surface area contributed by atoms with Gasteiger partial charge in [0.05, 0.1) is 25.0 Å². The summed E-state index contributed by atoms with van der Waals surface area (Å²) in [6.07, 6.45) is 4.11. The lowest BCUT2D eigenvalue weighted by Gasteiger charge is -2.37. The summed E-state index contributed by atoms with van der Waals surface area (Å²) in [5.74, 6) is -1.78. The summed E-state index contributed by atoms with van der Waals surface area (Å²) in [5.41, 5.74) is 0.129. The van der Waals surface area contributed by atoms with Gasteiger partial charge in [0, 0.05) is 42.4 Å². The van der Waals surface area contributed by atoms with Crippen molar-refractivity contribution in [2.24, 2.45) is 11.8 Å². The second-order valence-electron chi connectivity index (χ2n) is 11.1. The molecule has 3 amide bonds. The number of ether oxygens (including phenoxy) is 2. The Morgan fingerprint density at radius 2 is 1.67 bits per heavy atom. The van der Waals surface area contributed by atoms with Crippen LogP contribution in [0.3, 0.4) is 0 Å². The number of carbonyl (C=O) groups excluding carboxylic acids is 3. The molecule has 3 heterocycles. The number of hydrogen-bond acceptors (Lipinski definition) is 6. The lowest BCUT2D eigenvalue weighted by Crippen LogP contribution is -2.57. The van der Waals surface area contributed by atoms with Gasteiger partial charge in [0.2, 0.25) is 11.8 Å². The van der Waals surface area contributed by atoms with Gasteiger partial charge in [0.25, 0.3) is 5.91 Å². The molecule has 3 unspecified atom stereocenters. The number of halogens is 1. The van der Waals surface area contributed by atoms with Crippen molar-refractivity contribution in [2.45, 2.75) is 41.8 Å². The number of benzene rings is 2. The molecule has 3 aliphatic heterocycles. The van der Waals surface area contributed by atoms with Gasteiger partial charge >= 0.3 is 0 Å². The monoisotopic (exact) mass is 651 g/mol. The number of para-hydroxylation sites is 1. The van der Waals surface area contributed by atoms with E-state index in [4.69, 9.17) is 9.47 Å². The van der Waals surface area contributed by atoms with E-state index >= 15 is 0 Å². The van der Waals surface area contributed by atoms with Gasteiger partial charge in [-0.05, 0) is 55.7 Å². The van der Waals surface area contributed by atoms with Crippen LogP contribution in [-0.4, -0.2) is 83.7 Å². The fourth-order valence-electron chi connectivity index (χ4n) is 6.93. The highest BCUT2D eigenvalue weighted by Crippen LogP contribution is 2.60. The van der Waals surface area contributed by atoms with E-state index in [1.807, 2.05) is 30.3 Å². The van der Waals surface area contributed by atoms with Crippen molar-refractivity contribution in [2.75, 3.05) is 43.2 Å². The Balaban J connectivity index is 1.56. The number of alkyl halides is 1. The Bertz CT molecular complexity index is 1350. The first kappa shape index (κ1) is 31.0. The molecule has 2 bridgehead atoms. The van der Waals surface area contributed by atoms with Crippen LogP contribution in [0.5, 0.6) is 5.75 Å². The van der Waals surface area contributed by atoms with Gasteiger partial charge in [0.15, 0.2) is 0 Å². The number of aliphatic hydroxyl groups excluding tert-OH is 1. The first-order valence-electron chi connectivity index (χ1n) is 14.6. The van der Waals surface area contributed by atoms with E-state index in [2.05, 4.69) is 29.1 Å². The molecule has 228 valence electrons. The molecular formula is C33H38BrN3O6.